The Morgan fingerprint density at radius 2 is 1.93 bits per heavy atom. The van der Waals surface area contributed by atoms with Crippen LogP contribution in [-0.4, -0.2) is 50.6 Å². The Bertz CT molecular complexity index is 707. The van der Waals surface area contributed by atoms with Gasteiger partial charge in [0.05, 0.1) is 18.6 Å². The van der Waals surface area contributed by atoms with Gasteiger partial charge in [0, 0.05) is 32.7 Å². The van der Waals surface area contributed by atoms with Gasteiger partial charge >= 0.3 is 0 Å². The molecule has 0 aliphatic heterocycles. The smallest absolute Gasteiger partial charge is 0.230 e. The third-order valence-electron chi connectivity index (χ3n) is 5.91. The lowest BCUT2D eigenvalue weighted by molar-refractivity contribution is -0.138. The second-order valence-electron chi connectivity index (χ2n) is 8.60. The van der Waals surface area contributed by atoms with E-state index in [-0.39, 0.29) is 11.3 Å². The van der Waals surface area contributed by atoms with E-state index in [0.717, 1.165) is 62.0 Å². The molecule has 2 aliphatic rings. The summed E-state index contributed by atoms with van der Waals surface area (Å²) in [7, 11) is 3.69. The van der Waals surface area contributed by atoms with E-state index >= 15 is 0 Å². The highest BCUT2D eigenvalue weighted by atomic mass is 16.5. The molecular formula is C23H36N4O2. The van der Waals surface area contributed by atoms with Gasteiger partial charge in [0.25, 0.3) is 0 Å². The average Bonchev–Trinajstić information content (AvgIpc) is 3.43. The molecule has 6 nitrogen and oxygen atoms in total. The van der Waals surface area contributed by atoms with Crippen LogP contribution >= 0.6 is 0 Å². The molecule has 0 atom stereocenters. The zero-order chi connectivity index (χ0) is 20.7. The predicted molar refractivity (Wildman–Crippen MR) is 117 cm³/mol. The summed E-state index contributed by atoms with van der Waals surface area (Å²) in [6.45, 7) is 4.80. The molecule has 160 valence electrons. The highest BCUT2D eigenvalue weighted by molar-refractivity contribution is 5.85. The molecule has 0 bridgehead atoms. The van der Waals surface area contributed by atoms with Crippen LogP contribution in [0.15, 0.2) is 29.3 Å². The Morgan fingerprint density at radius 3 is 2.59 bits per heavy atom. The second-order valence-corrected chi connectivity index (χ2v) is 8.60. The molecule has 0 aromatic heterocycles. The lowest BCUT2D eigenvalue weighted by atomic mass is 9.84. The fraction of sp³-hybridized carbons (Fsp3) is 0.652. The second kappa shape index (κ2) is 9.99. The summed E-state index contributed by atoms with van der Waals surface area (Å²) in [5, 5.41) is 6.75. The Labute approximate surface area is 175 Å². The average molecular weight is 401 g/mol. The van der Waals surface area contributed by atoms with Crippen molar-refractivity contribution in [2.24, 2.45) is 16.3 Å². The molecule has 2 fully saturated rings. The van der Waals surface area contributed by atoms with Gasteiger partial charge in [-0.2, -0.15) is 0 Å². The first-order valence-electron chi connectivity index (χ1n) is 11.0. The highest BCUT2D eigenvalue weighted by Gasteiger charge is 2.42. The van der Waals surface area contributed by atoms with Crippen molar-refractivity contribution in [1.82, 2.24) is 15.5 Å². The third kappa shape index (κ3) is 5.87. The standard InChI is InChI=1S/C23H36N4O2/c1-4-24-22(26-17-23(13-7-8-14-23)21(28)27(2)3)25-15-19-9-5-6-10-20(19)29-16-18-11-12-18/h5-6,9-10,18H,4,7-8,11-17H2,1-3H3,(H2,24,25,26). The summed E-state index contributed by atoms with van der Waals surface area (Å²) in [4.78, 5) is 19.3. The largest absolute Gasteiger partial charge is 0.493 e. The maximum atomic E-state index is 12.8. The minimum atomic E-state index is -0.315. The SMILES string of the molecule is CCNC(=NCc1ccccc1OCC1CC1)NCC1(C(=O)N(C)C)CCCC1. The summed E-state index contributed by atoms with van der Waals surface area (Å²) >= 11 is 0. The first-order valence-corrected chi connectivity index (χ1v) is 11.0. The number of guanidine groups is 1. The monoisotopic (exact) mass is 400 g/mol. The minimum absolute atomic E-state index is 0.220. The van der Waals surface area contributed by atoms with Crippen LogP contribution in [0.4, 0.5) is 0 Å². The van der Waals surface area contributed by atoms with Gasteiger partial charge < -0.3 is 20.3 Å². The van der Waals surface area contributed by atoms with Gasteiger partial charge in [-0.25, -0.2) is 4.99 Å². The van der Waals surface area contributed by atoms with Crippen molar-refractivity contribution in [3.63, 3.8) is 0 Å². The van der Waals surface area contributed by atoms with Gasteiger partial charge in [0.2, 0.25) is 5.91 Å². The summed E-state index contributed by atoms with van der Waals surface area (Å²) in [6.07, 6.45) is 6.66. The lowest BCUT2D eigenvalue weighted by Crippen LogP contribution is -2.49. The molecule has 2 saturated carbocycles. The number of nitrogens with one attached hydrogen (secondary N) is 2. The van der Waals surface area contributed by atoms with Gasteiger partial charge in [-0.15, -0.1) is 0 Å². The number of rotatable bonds is 9. The van der Waals surface area contributed by atoms with E-state index in [4.69, 9.17) is 9.73 Å². The van der Waals surface area contributed by atoms with Crippen molar-refractivity contribution < 1.29 is 9.53 Å². The molecule has 29 heavy (non-hydrogen) atoms. The first kappa shape index (κ1) is 21.5. The maximum Gasteiger partial charge on any atom is 0.230 e. The Balaban J connectivity index is 1.64. The zero-order valence-electron chi connectivity index (χ0n) is 18.2. The van der Waals surface area contributed by atoms with Crippen LogP contribution in [0.3, 0.4) is 0 Å². The topological polar surface area (TPSA) is 66.0 Å². The number of aliphatic imine (C=N–C) groups is 1. The van der Waals surface area contributed by atoms with Crippen molar-refractivity contribution in [2.75, 3.05) is 33.8 Å². The minimum Gasteiger partial charge on any atom is -0.493 e. The molecule has 0 spiro atoms. The van der Waals surface area contributed by atoms with Crippen molar-refractivity contribution in [1.29, 1.82) is 0 Å². The van der Waals surface area contributed by atoms with E-state index in [1.165, 1.54) is 12.8 Å². The molecule has 1 amide bonds. The molecule has 0 unspecified atom stereocenters. The molecule has 2 N–H and O–H groups in total. The van der Waals surface area contributed by atoms with Crippen LogP contribution in [0.5, 0.6) is 5.75 Å². The number of nitrogens with zero attached hydrogens (tertiary/aromatic N) is 2. The fourth-order valence-corrected chi connectivity index (χ4v) is 4.02. The predicted octanol–water partition coefficient (Wildman–Crippen LogP) is 3.18. The highest BCUT2D eigenvalue weighted by Crippen LogP contribution is 2.39. The van der Waals surface area contributed by atoms with E-state index < -0.39 is 0 Å². The summed E-state index contributed by atoms with van der Waals surface area (Å²) in [5.74, 6) is 2.62. The van der Waals surface area contributed by atoms with Crippen molar-refractivity contribution in [3.05, 3.63) is 29.8 Å². The van der Waals surface area contributed by atoms with E-state index in [1.54, 1.807) is 4.90 Å². The van der Waals surface area contributed by atoms with Gasteiger partial charge in [-0.05, 0) is 44.6 Å². The number of hydrogen-bond acceptors (Lipinski definition) is 3. The number of para-hydroxylation sites is 1. The van der Waals surface area contributed by atoms with Crippen molar-refractivity contribution >= 4 is 11.9 Å². The number of carbonyl (C=O) groups is 1. The first-order chi connectivity index (χ1) is 14.0. The van der Waals surface area contributed by atoms with E-state index in [9.17, 15) is 4.79 Å². The molecule has 2 aliphatic carbocycles. The number of ether oxygens (including phenoxy) is 1. The van der Waals surface area contributed by atoms with Crippen LogP contribution in [0.2, 0.25) is 0 Å². The zero-order valence-corrected chi connectivity index (χ0v) is 18.2. The van der Waals surface area contributed by atoms with E-state index in [0.29, 0.717) is 13.1 Å². The van der Waals surface area contributed by atoms with Crippen molar-refractivity contribution in [2.45, 2.75) is 52.0 Å². The fourth-order valence-electron chi connectivity index (χ4n) is 4.02. The molecule has 1 aromatic rings. The number of hydrogen-bond donors (Lipinski definition) is 2. The van der Waals surface area contributed by atoms with E-state index in [1.807, 2.05) is 32.3 Å². The lowest BCUT2D eigenvalue weighted by Gasteiger charge is -2.31. The normalized spacial score (nSPS) is 18.4. The molecular weight excluding hydrogens is 364 g/mol. The van der Waals surface area contributed by atoms with Gasteiger partial charge in [0.1, 0.15) is 5.75 Å². The van der Waals surface area contributed by atoms with E-state index in [2.05, 4.69) is 23.6 Å². The van der Waals surface area contributed by atoms with Gasteiger partial charge in [-0.1, -0.05) is 31.0 Å². The molecule has 1 aromatic carbocycles. The molecule has 0 radical (unpaired) electrons. The summed E-state index contributed by atoms with van der Waals surface area (Å²) in [5.41, 5.74) is 0.774. The van der Waals surface area contributed by atoms with Crippen LogP contribution in [0, 0.1) is 11.3 Å². The molecule has 6 heteroatoms. The Morgan fingerprint density at radius 1 is 1.21 bits per heavy atom. The Hall–Kier alpha value is -2.24. The third-order valence-corrected chi connectivity index (χ3v) is 5.91. The number of benzene rings is 1. The number of carbonyl (C=O) groups excluding carboxylic acids is 1. The number of amides is 1. The maximum absolute atomic E-state index is 12.8. The molecule has 0 heterocycles. The van der Waals surface area contributed by atoms with Crippen LogP contribution in [0.1, 0.15) is 51.0 Å². The van der Waals surface area contributed by atoms with Crippen LogP contribution < -0.4 is 15.4 Å². The molecule has 3 rings (SSSR count). The Kier molecular flexibility index (Phi) is 7.40. The van der Waals surface area contributed by atoms with Crippen LogP contribution in [-0.2, 0) is 11.3 Å². The summed E-state index contributed by atoms with van der Waals surface area (Å²) in [6, 6.07) is 8.13. The van der Waals surface area contributed by atoms with Crippen LogP contribution in [0.25, 0.3) is 0 Å². The molecule has 0 saturated heterocycles. The summed E-state index contributed by atoms with van der Waals surface area (Å²) < 4.78 is 6.01. The van der Waals surface area contributed by atoms with Crippen molar-refractivity contribution in [3.8, 4) is 5.75 Å². The van der Waals surface area contributed by atoms with Gasteiger partial charge in [0.15, 0.2) is 5.96 Å². The quantitative estimate of drug-likeness (QED) is 0.494. The van der Waals surface area contributed by atoms with Gasteiger partial charge in [-0.3, -0.25) is 4.79 Å².